The van der Waals surface area contributed by atoms with E-state index in [4.69, 9.17) is 27.4 Å². The molecule has 11 heteroatoms. The molecular weight excluding hydrogens is 471 g/mol. The fourth-order valence-electron chi connectivity index (χ4n) is 2.37. The monoisotopic (exact) mass is 484 g/mol. The molecular formula is C19H14Cl2N2O5S2. The van der Waals surface area contributed by atoms with Gasteiger partial charge in [0, 0.05) is 6.92 Å². The van der Waals surface area contributed by atoms with Gasteiger partial charge in [0.25, 0.3) is 5.91 Å². The third-order valence-electron chi connectivity index (χ3n) is 3.72. The zero-order chi connectivity index (χ0) is 22.1. The van der Waals surface area contributed by atoms with Crippen molar-refractivity contribution in [1.29, 1.82) is 0 Å². The van der Waals surface area contributed by atoms with Crippen molar-refractivity contribution < 1.29 is 22.2 Å². The van der Waals surface area contributed by atoms with Crippen LogP contribution in [0.15, 0.2) is 51.2 Å². The van der Waals surface area contributed by atoms with E-state index in [1.165, 1.54) is 37.3 Å². The van der Waals surface area contributed by atoms with Crippen LogP contribution < -0.4 is 9.50 Å². The maximum Gasteiger partial charge on any atom is 0.339 e. The van der Waals surface area contributed by atoms with Gasteiger partial charge in [-0.25, -0.2) is 0 Å². The van der Waals surface area contributed by atoms with Crippen molar-refractivity contribution in [2.75, 3.05) is 0 Å². The Morgan fingerprint density at radius 2 is 1.77 bits per heavy atom. The van der Waals surface area contributed by atoms with E-state index < -0.39 is 16.0 Å². The number of amides is 2. The number of aliphatic imine (C=N–C) groups is 1. The first-order chi connectivity index (χ1) is 14.0. The largest absolute Gasteiger partial charge is 0.376 e. The Labute approximate surface area is 187 Å². The van der Waals surface area contributed by atoms with Crippen molar-refractivity contribution in [2.24, 2.45) is 4.99 Å². The van der Waals surface area contributed by atoms with E-state index in [9.17, 15) is 18.0 Å². The molecule has 0 radical (unpaired) electrons. The number of aryl methyl sites for hydroxylation is 1. The van der Waals surface area contributed by atoms with Gasteiger partial charge in [-0.15, -0.1) is 0 Å². The van der Waals surface area contributed by atoms with E-state index in [2.05, 4.69) is 10.3 Å². The number of hydrogen-bond donors (Lipinski definition) is 1. The molecule has 2 aromatic rings. The number of thioether (sulfide) groups is 1. The first-order valence-electron chi connectivity index (χ1n) is 8.35. The molecule has 3 rings (SSSR count). The summed E-state index contributed by atoms with van der Waals surface area (Å²) in [6, 6.07) is 8.93. The van der Waals surface area contributed by atoms with E-state index in [1.54, 1.807) is 12.1 Å². The number of nitrogens with one attached hydrogen (secondary N) is 1. The Balaban J connectivity index is 1.85. The maximum atomic E-state index is 12.5. The lowest BCUT2D eigenvalue weighted by molar-refractivity contribution is -0.117. The van der Waals surface area contributed by atoms with Gasteiger partial charge in [0.15, 0.2) is 10.9 Å². The van der Waals surface area contributed by atoms with Crippen molar-refractivity contribution in [3.63, 3.8) is 0 Å². The van der Waals surface area contributed by atoms with Gasteiger partial charge in [0.2, 0.25) is 5.91 Å². The summed E-state index contributed by atoms with van der Waals surface area (Å²) in [6.07, 6.45) is 1.47. The van der Waals surface area contributed by atoms with Crippen LogP contribution in [-0.2, 0) is 19.7 Å². The molecule has 156 valence electrons. The molecule has 30 heavy (non-hydrogen) atoms. The summed E-state index contributed by atoms with van der Waals surface area (Å²) in [5.41, 5.74) is 1.33. The fourth-order valence-corrected chi connectivity index (χ4v) is 4.87. The summed E-state index contributed by atoms with van der Waals surface area (Å²) in [5, 5.41) is 2.50. The Hall–Kier alpha value is -2.33. The number of carbonyl (C=O) groups is 2. The van der Waals surface area contributed by atoms with Crippen LogP contribution in [0.4, 0.5) is 0 Å². The minimum absolute atomic E-state index is 0.0398. The predicted octanol–water partition coefficient (Wildman–Crippen LogP) is 4.18. The number of amidine groups is 1. The Bertz CT molecular complexity index is 1180. The topological polar surface area (TPSA) is 102 Å². The maximum absolute atomic E-state index is 12.5. The smallest absolute Gasteiger partial charge is 0.339 e. The first kappa shape index (κ1) is 22.4. The summed E-state index contributed by atoms with van der Waals surface area (Å²) in [7, 11) is -4.14. The molecule has 0 aliphatic carbocycles. The van der Waals surface area contributed by atoms with Crippen LogP contribution in [0.2, 0.25) is 10.0 Å². The highest BCUT2D eigenvalue weighted by Gasteiger charge is 2.24. The molecule has 7 nitrogen and oxygen atoms in total. The quantitative estimate of drug-likeness (QED) is 0.515. The van der Waals surface area contributed by atoms with Gasteiger partial charge in [-0.3, -0.25) is 9.59 Å². The van der Waals surface area contributed by atoms with Crippen molar-refractivity contribution in [2.45, 2.75) is 18.7 Å². The first-order valence-corrected chi connectivity index (χ1v) is 11.3. The molecule has 0 aromatic heterocycles. The number of nitrogens with zero attached hydrogens (tertiary/aromatic N) is 1. The molecule has 1 aliphatic rings. The summed E-state index contributed by atoms with van der Waals surface area (Å²) in [4.78, 5) is 27.0. The molecule has 0 saturated heterocycles. The zero-order valence-electron chi connectivity index (χ0n) is 15.6. The van der Waals surface area contributed by atoms with Crippen LogP contribution in [-0.4, -0.2) is 25.4 Å². The van der Waals surface area contributed by atoms with Gasteiger partial charge >= 0.3 is 10.1 Å². The molecule has 0 bridgehead atoms. The van der Waals surface area contributed by atoms with Crippen molar-refractivity contribution in [1.82, 2.24) is 5.32 Å². The van der Waals surface area contributed by atoms with E-state index in [-0.39, 0.29) is 36.7 Å². The van der Waals surface area contributed by atoms with Crippen molar-refractivity contribution in [3.8, 4) is 5.75 Å². The molecule has 0 unspecified atom stereocenters. The van der Waals surface area contributed by atoms with E-state index in [1.807, 2.05) is 6.92 Å². The minimum atomic E-state index is -4.14. The number of hydrogen-bond acceptors (Lipinski definition) is 6. The average molecular weight is 485 g/mol. The molecule has 1 heterocycles. The number of rotatable bonds is 4. The summed E-state index contributed by atoms with van der Waals surface area (Å²) < 4.78 is 30.1. The van der Waals surface area contributed by atoms with Crippen LogP contribution in [0.25, 0.3) is 6.08 Å². The fraction of sp³-hybridized carbons (Fsp3) is 0.105. The number of benzene rings is 2. The average Bonchev–Trinajstić information content (AvgIpc) is 2.97. The third-order valence-corrected chi connectivity index (χ3v) is 6.42. The standard InChI is InChI=1S/C19H14Cl2N2O5S2/c1-10-3-5-13(6-4-10)30(26,27)28-17-14(20)7-12(8-15(17)21)9-16-18(25)23-19(29-16)22-11(2)24/h3-9H,1-2H3,(H,22,23,24,25)/b16-9+. The Morgan fingerprint density at radius 3 is 2.33 bits per heavy atom. The van der Waals surface area contributed by atoms with Gasteiger partial charge < -0.3 is 9.50 Å². The molecule has 2 amide bonds. The molecule has 1 aliphatic heterocycles. The number of carbonyl (C=O) groups excluding carboxylic acids is 2. The highest BCUT2D eigenvalue weighted by Crippen LogP contribution is 2.38. The van der Waals surface area contributed by atoms with Gasteiger partial charge in [-0.1, -0.05) is 40.9 Å². The highest BCUT2D eigenvalue weighted by atomic mass is 35.5. The van der Waals surface area contributed by atoms with Crippen LogP contribution in [0.5, 0.6) is 5.75 Å². The van der Waals surface area contributed by atoms with Crippen LogP contribution in [0.1, 0.15) is 18.1 Å². The summed E-state index contributed by atoms with van der Waals surface area (Å²) in [5.74, 6) is -1.10. The lowest BCUT2D eigenvalue weighted by atomic mass is 10.2. The van der Waals surface area contributed by atoms with Crippen LogP contribution in [0.3, 0.4) is 0 Å². The molecule has 2 aromatic carbocycles. The second-order valence-corrected chi connectivity index (χ2v) is 9.57. The predicted molar refractivity (Wildman–Crippen MR) is 117 cm³/mol. The minimum Gasteiger partial charge on any atom is -0.376 e. The van der Waals surface area contributed by atoms with Crippen molar-refractivity contribution >= 4 is 68.1 Å². The normalized spacial score (nSPS) is 15.3. The van der Waals surface area contributed by atoms with E-state index >= 15 is 0 Å². The molecule has 0 atom stereocenters. The summed E-state index contributed by atoms with van der Waals surface area (Å²) in [6.45, 7) is 3.13. The van der Waals surface area contributed by atoms with E-state index in [0.717, 1.165) is 17.3 Å². The zero-order valence-corrected chi connectivity index (χ0v) is 18.7. The molecule has 0 spiro atoms. The van der Waals surface area contributed by atoms with Gasteiger partial charge in [-0.05, 0) is 54.6 Å². The molecule has 0 saturated carbocycles. The molecule has 1 N–H and O–H groups in total. The van der Waals surface area contributed by atoms with Crippen molar-refractivity contribution in [3.05, 3.63) is 62.5 Å². The Morgan fingerprint density at radius 1 is 1.17 bits per heavy atom. The van der Waals surface area contributed by atoms with Crippen LogP contribution in [0, 0.1) is 6.92 Å². The van der Waals surface area contributed by atoms with Gasteiger partial charge in [0.1, 0.15) is 4.90 Å². The van der Waals surface area contributed by atoms with Gasteiger partial charge in [0.05, 0.1) is 15.0 Å². The van der Waals surface area contributed by atoms with Gasteiger partial charge in [-0.2, -0.15) is 13.4 Å². The SMILES string of the molecule is CC(=O)NC1=NC(=O)/C(=C\c2cc(Cl)c(OS(=O)(=O)c3ccc(C)cc3)c(Cl)c2)S1. The second kappa shape index (κ2) is 8.81. The lowest BCUT2D eigenvalue weighted by Crippen LogP contribution is -2.23. The van der Waals surface area contributed by atoms with Crippen LogP contribution >= 0.6 is 35.0 Å². The third kappa shape index (κ3) is 5.23. The lowest BCUT2D eigenvalue weighted by Gasteiger charge is -2.11. The Kier molecular flexibility index (Phi) is 6.56. The van der Waals surface area contributed by atoms with E-state index in [0.29, 0.717) is 5.56 Å². The second-order valence-electron chi connectivity index (χ2n) is 6.18. The summed E-state index contributed by atoms with van der Waals surface area (Å²) >= 11 is 13.4. The highest BCUT2D eigenvalue weighted by molar-refractivity contribution is 8.18. The molecule has 0 fully saturated rings. The number of halogens is 2.